The normalized spacial score (nSPS) is 13.5. The molecule has 140 valence electrons. The molecule has 0 saturated carbocycles. The number of carbonyl (C=O) groups is 1. The molecule has 26 heavy (non-hydrogen) atoms. The molecule has 2 aromatic rings. The molecule has 7 heteroatoms. The molecule has 0 spiro atoms. The Labute approximate surface area is 162 Å². The lowest BCUT2D eigenvalue weighted by atomic mass is 9.99. The van der Waals surface area contributed by atoms with Crippen LogP contribution in [-0.4, -0.2) is 33.6 Å². The molecule has 2 unspecified atom stereocenters. The molecular weight excluding hydrogens is 378 g/mol. The van der Waals surface area contributed by atoms with E-state index >= 15 is 0 Å². The van der Waals surface area contributed by atoms with Gasteiger partial charge in [0.05, 0.1) is 6.04 Å². The molecule has 0 radical (unpaired) electrons. The minimum Gasteiger partial charge on any atom is -0.386 e. The number of aliphatic hydroxyl groups excluding tert-OH is 1. The fourth-order valence-electron chi connectivity index (χ4n) is 2.55. The summed E-state index contributed by atoms with van der Waals surface area (Å²) in [6.07, 6.45) is 2.57. The van der Waals surface area contributed by atoms with Crippen LogP contribution in [0.4, 0.5) is 4.39 Å². The molecule has 2 rings (SSSR count). The summed E-state index contributed by atoms with van der Waals surface area (Å²) in [4.78, 5) is 14.6. The smallest absolute Gasteiger partial charge is 0.253 e. The van der Waals surface area contributed by atoms with Crippen molar-refractivity contribution in [1.82, 2.24) is 10.3 Å². The second-order valence-corrected chi connectivity index (χ2v) is 7.02. The van der Waals surface area contributed by atoms with E-state index in [1.807, 2.05) is 30.5 Å². The molecule has 1 amide bonds. The Hall–Kier alpha value is -1.69. The molecule has 0 aliphatic rings. The Morgan fingerprint density at radius 2 is 1.85 bits per heavy atom. The number of amides is 1. The second-order valence-electron chi connectivity index (χ2n) is 5.93. The molecule has 2 atom stereocenters. The third kappa shape index (κ3) is 5.40. The van der Waals surface area contributed by atoms with Gasteiger partial charge in [-0.1, -0.05) is 66.9 Å². The van der Waals surface area contributed by atoms with Crippen LogP contribution in [0.3, 0.4) is 0 Å². The summed E-state index contributed by atoms with van der Waals surface area (Å²) >= 11 is 10.9. The van der Waals surface area contributed by atoms with Crippen molar-refractivity contribution in [1.29, 1.82) is 0 Å². The lowest BCUT2D eigenvalue weighted by Gasteiger charge is -2.22. The van der Waals surface area contributed by atoms with Gasteiger partial charge in [0.1, 0.15) is 12.8 Å². The predicted octanol–water partition coefficient (Wildman–Crippen LogP) is 3.99. The molecular formula is C19H21Cl2FN2O2. The van der Waals surface area contributed by atoms with Crippen LogP contribution in [0.15, 0.2) is 42.6 Å². The number of pyridine rings is 1. The van der Waals surface area contributed by atoms with Crippen LogP contribution in [0, 0.1) is 0 Å². The van der Waals surface area contributed by atoms with Gasteiger partial charge in [0.2, 0.25) is 0 Å². The Kier molecular flexibility index (Phi) is 7.82. The Bertz CT molecular complexity index is 708. The maximum atomic E-state index is 13.2. The first-order chi connectivity index (χ1) is 12.5. The number of hydrogen-bond donors (Lipinski definition) is 2. The number of aromatic nitrogens is 1. The van der Waals surface area contributed by atoms with Crippen molar-refractivity contribution in [2.24, 2.45) is 0 Å². The topological polar surface area (TPSA) is 62.2 Å². The quantitative estimate of drug-likeness (QED) is 0.660. The van der Waals surface area contributed by atoms with Crippen molar-refractivity contribution in [3.63, 3.8) is 0 Å². The van der Waals surface area contributed by atoms with Crippen LogP contribution in [0.2, 0.25) is 0 Å². The van der Waals surface area contributed by atoms with Gasteiger partial charge in [-0.05, 0) is 23.6 Å². The van der Waals surface area contributed by atoms with E-state index in [0.29, 0.717) is 5.56 Å². The highest BCUT2D eigenvalue weighted by Gasteiger charge is 2.25. The number of aryl methyl sites for hydroxylation is 1. The largest absolute Gasteiger partial charge is 0.386 e. The van der Waals surface area contributed by atoms with Crippen molar-refractivity contribution in [3.8, 4) is 11.1 Å². The van der Waals surface area contributed by atoms with Gasteiger partial charge < -0.3 is 10.4 Å². The summed E-state index contributed by atoms with van der Waals surface area (Å²) in [5.74, 6) is -0.745. The first-order valence-corrected chi connectivity index (χ1v) is 9.21. The van der Waals surface area contributed by atoms with Crippen LogP contribution < -0.4 is 5.32 Å². The lowest BCUT2D eigenvalue weighted by Crippen LogP contribution is -2.43. The zero-order valence-corrected chi connectivity index (χ0v) is 15.8. The highest BCUT2D eigenvalue weighted by Crippen LogP contribution is 2.24. The van der Waals surface area contributed by atoms with Gasteiger partial charge in [0, 0.05) is 17.5 Å². The SMILES string of the molecule is CCCc1ccc(-c2ccc(C(O)C(CF)NC(=O)C(Cl)Cl)cc2)cn1. The molecule has 0 bridgehead atoms. The number of alkyl halides is 3. The molecule has 1 heterocycles. The molecule has 1 aromatic heterocycles. The maximum absolute atomic E-state index is 13.2. The second kappa shape index (κ2) is 9.86. The molecule has 0 aliphatic carbocycles. The third-order valence-corrected chi connectivity index (χ3v) is 4.39. The van der Waals surface area contributed by atoms with Gasteiger partial charge in [-0.3, -0.25) is 9.78 Å². The summed E-state index contributed by atoms with van der Waals surface area (Å²) in [7, 11) is 0. The number of carbonyl (C=O) groups excluding carboxylic acids is 1. The van der Waals surface area contributed by atoms with Crippen LogP contribution in [0.1, 0.15) is 30.7 Å². The number of hydrogen-bond acceptors (Lipinski definition) is 3. The Morgan fingerprint density at radius 3 is 2.35 bits per heavy atom. The van der Waals surface area contributed by atoms with Gasteiger partial charge in [0.15, 0.2) is 4.84 Å². The van der Waals surface area contributed by atoms with Crippen LogP contribution in [0.25, 0.3) is 11.1 Å². The van der Waals surface area contributed by atoms with Gasteiger partial charge in [-0.25, -0.2) is 4.39 Å². The Morgan fingerprint density at radius 1 is 1.19 bits per heavy atom. The summed E-state index contributed by atoms with van der Waals surface area (Å²) in [6.45, 7) is 1.16. The van der Waals surface area contributed by atoms with Crippen LogP contribution in [0.5, 0.6) is 0 Å². The fraction of sp³-hybridized carbons (Fsp3) is 0.368. The standard InChI is InChI=1S/C19H21Cl2FN2O2/c1-2-3-15-9-8-14(11-23-15)12-4-6-13(7-5-12)17(25)16(10-22)24-19(26)18(20)21/h4-9,11,16-18,25H,2-3,10H2,1H3,(H,24,26). The summed E-state index contributed by atoms with van der Waals surface area (Å²) in [5, 5.41) is 12.6. The monoisotopic (exact) mass is 398 g/mol. The van der Waals surface area contributed by atoms with Crippen molar-refractivity contribution in [3.05, 3.63) is 53.9 Å². The van der Waals surface area contributed by atoms with Crippen molar-refractivity contribution in [2.45, 2.75) is 36.7 Å². The zero-order chi connectivity index (χ0) is 19.1. The summed E-state index contributed by atoms with van der Waals surface area (Å²) in [5.41, 5.74) is 3.40. The average Bonchev–Trinajstić information content (AvgIpc) is 2.66. The fourth-order valence-corrected chi connectivity index (χ4v) is 2.68. The first-order valence-electron chi connectivity index (χ1n) is 8.34. The highest BCUT2D eigenvalue weighted by molar-refractivity contribution is 6.53. The van der Waals surface area contributed by atoms with Crippen molar-refractivity contribution >= 4 is 29.1 Å². The molecule has 0 aliphatic heterocycles. The molecule has 4 nitrogen and oxygen atoms in total. The number of rotatable bonds is 8. The predicted molar refractivity (Wildman–Crippen MR) is 102 cm³/mol. The highest BCUT2D eigenvalue weighted by atomic mass is 35.5. The van der Waals surface area contributed by atoms with E-state index in [2.05, 4.69) is 17.2 Å². The molecule has 2 N–H and O–H groups in total. The number of halogens is 3. The Balaban J connectivity index is 2.10. The van der Waals surface area contributed by atoms with Crippen LogP contribution in [-0.2, 0) is 11.2 Å². The van der Waals surface area contributed by atoms with E-state index < -0.39 is 29.6 Å². The van der Waals surface area contributed by atoms with Gasteiger partial charge in [-0.2, -0.15) is 0 Å². The molecule has 0 fully saturated rings. The molecule has 0 saturated heterocycles. The molecule has 1 aromatic carbocycles. The minimum absolute atomic E-state index is 0.480. The number of aliphatic hydroxyl groups is 1. The van der Waals surface area contributed by atoms with Crippen molar-refractivity contribution in [2.75, 3.05) is 6.67 Å². The van der Waals surface area contributed by atoms with Gasteiger partial charge >= 0.3 is 0 Å². The van der Waals surface area contributed by atoms with Crippen LogP contribution >= 0.6 is 23.2 Å². The zero-order valence-electron chi connectivity index (χ0n) is 14.3. The number of nitrogens with zero attached hydrogens (tertiary/aromatic N) is 1. The average molecular weight is 399 g/mol. The van der Waals surface area contributed by atoms with E-state index in [1.54, 1.807) is 12.1 Å². The van der Waals surface area contributed by atoms with E-state index in [0.717, 1.165) is 29.7 Å². The van der Waals surface area contributed by atoms with Crippen molar-refractivity contribution < 1.29 is 14.3 Å². The summed E-state index contributed by atoms with van der Waals surface area (Å²) < 4.78 is 13.2. The number of nitrogens with one attached hydrogen (secondary N) is 1. The van der Waals surface area contributed by atoms with Gasteiger partial charge in [0.25, 0.3) is 5.91 Å². The summed E-state index contributed by atoms with van der Waals surface area (Å²) in [6, 6.07) is 9.88. The third-order valence-electron chi connectivity index (χ3n) is 3.99. The van der Waals surface area contributed by atoms with Gasteiger partial charge in [-0.15, -0.1) is 0 Å². The minimum atomic E-state index is -1.32. The lowest BCUT2D eigenvalue weighted by molar-refractivity contribution is -0.121. The maximum Gasteiger partial charge on any atom is 0.253 e. The van der Waals surface area contributed by atoms with E-state index in [1.165, 1.54) is 0 Å². The van der Waals surface area contributed by atoms with E-state index in [4.69, 9.17) is 23.2 Å². The van der Waals surface area contributed by atoms with E-state index in [9.17, 15) is 14.3 Å². The van der Waals surface area contributed by atoms with E-state index in [-0.39, 0.29) is 0 Å². The first kappa shape index (κ1) is 20.6. The number of benzene rings is 1.